The van der Waals surface area contributed by atoms with E-state index in [-0.39, 0.29) is 17.7 Å². The summed E-state index contributed by atoms with van der Waals surface area (Å²) in [4.78, 5) is 44.1. The molecular formula is C32H30N2O7S. The fourth-order valence-corrected chi connectivity index (χ4v) is 5.79. The molecule has 42 heavy (non-hydrogen) atoms. The van der Waals surface area contributed by atoms with Gasteiger partial charge in [-0.2, -0.15) is 0 Å². The van der Waals surface area contributed by atoms with Crippen LogP contribution in [0.2, 0.25) is 0 Å². The molecule has 3 heterocycles. The van der Waals surface area contributed by atoms with Crippen molar-refractivity contribution in [3.8, 4) is 17.1 Å². The van der Waals surface area contributed by atoms with Gasteiger partial charge in [-0.3, -0.25) is 9.36 Å². The molecular weight excluding hydrogens is 556 g/mol. The van der Waals surface area contributed by atoms with E-state index in [4.69, 9.17) is 18.6 Å². The summed E-state index contributed by atoms with van der Waals surface area (Å²) >= 11 is 1.20. The molecule has 10 heteroatoms. The second-order valence-corrected chi connectivity index (χ2v) is 10.5. The summed E-state index contributed by atoms with van der Waals surface area (Å²) in [6.07, 6.45) is 2.45. The number of furan rings is 1. The average molecular weight is 587 g/mol. The molecule has 2 aromatic heterocycles. The summed E-state index contributed by atoms with van der Waals surface area (Å²) in [5.41, 5.74) is 2.18. The largest absolute Gasteiger partial charge is 0.493 e. The zero-order valence-electron chi connectivity index (χ0n) is 23.7. The first-order valence-corrected chi connectivity index (χ1v) is 14.4. The van der Waals surface area contributed by atoms with Crippen LogP contribution >= 0.6 is 11.3 Å². The Morgan fingerprint density at radius 1 is 1.07 bits per heavy atom. The molecule has 0 unspecified atom stereocenters. The van der Waals surface area contributed by atoms with Crippen LogP contribution in [0.15, 0.2) is 86.1 Å². The minimum atomic E-state index is -0.790. The molecule has 9 nitrogen and oxygen atoms in total. The fourth-order valence-electron chi connectivity index (χ4n) is 4.77. The molecule has 0 saturated carbocycles. The second kappa shape index (κ2) is 12.4. The van der Waals surface area contributed by atoms with E-state index < -0.39 is 18.0 Å². The number of para-hydroxylation sites is 1. The van der Waals surface area contributed by atoms with Crippen molar-refractivity contribution in [1.82, 2.24) is 4.57 Å². The van der Waals surface area contributed by atoms with Crippen molar-refractivity contribution in [2.75, 3.05) is 20.3 Å². The number of carbonyl (C=O) groups excluding carboxylic acids is 2. The highest BCUT2D eigenvalue weighted by molar-refractivity contribution is 7.07. The molecule has 0 radical (unpaired) electrons. The first kappa shape index (κ1) is 28.8. The predicted octanol–water partition coefficient (Wildman–Crippen LogP) is 4.63. The zero-order valence-corrected chi connectivity index (χ0v) is 24.5. The number of allylic oxidation sites excluding steroid dienone is 1. The number of fused-ring (bicyclic) bond motifs is 1. The van der Waals surface area contributed by atoms with E-state index in [9.17, 15) is 14.4 Å². The van der Waals surface area contributed by atoms with Crippen LogP contribution in [0, 0.1) is 0 Å². The Bertz CT molecular complexity index is 1860. The quantitative estimate of drug-likeness (QED) is 0.263. The summed E-state index contributed by atoms with van der Waals surface area (Å²) in [5, 5.41) is 0. The van der Waals surface area contributed by atoms with Gasteiger partial charge in [0.25, 0.3) is 5.56 Å². The van der Waals surface area contributed by atoms with Gasteiger partial charge in [-0.25, -0.2) is 14.6 Å². The van der Waals surface area contributed by atoms with E-state index in [0.29, 0.717) is 55.6 Å². The maximum absolute atomic E-state index is 13.9. The van der Waals surface area contributed by atoms with Crippen LogP contribution in [-0.2, 0) is 14.3 Å². The lowest BCUT2D eigenvalue weighted by Gasteiger charge is -2.26. The molecule has 5 rings (SSSR count). The summed E-state index contributed by atoms with van der Waals surface area (Å²) < 4.78 is 24.2. The van der Waals surface area contributed by atoms with Gasteiger partial charge in [-0.15, -0.1) is 0 Å². The van der Waals surface area contributed by atoms with Gasteiger partial charge in [0.1, 0.15) is 23.3 Å². The Morgan fingerprint density at radius 2 is 1.88 bits per heavy atom. The van der Waals surface area contributed by atoms with Crippen molar-refractivity contribution < 1.29 is 28.2 Å². The average Bonchev–Trinajstić information content (AvgIpc) is 3.59. The molecule has 0 amide bonds. The SMILES string of the molecule is CCCOc1ccccc1[C@H]1C(C(=O)OC)=C(C)N=c2s/c(=C/c3ccc(-c4cccc(C(=O)OCC)c4)o3)c(=O)n21. The van der Waals surface area contributed by atoms with Crippen molar-refractivity contribution in [3.63, 3.8) is 0 Å². The molecule has 2 aromatic carbocycles. The van der Waals surface area contributed by atoms with Crippen molar-refractivity contribution in [1.29, 1.82) is 0 Å². The third-order valence-corrected chi connectivity index (χ3v) is 7.64. The molecule has 0 N–H and O–H groups in total. The molecule has 0 aliphatic carbocycles. The highest BCUT2D eigenvalue weighted by atomic mass is 32.1. The number of esters is 2. The van der Waals surface area contributed by atoms with Crippen LogP contribution in [0.3, 0.4) is 0 Å². The molecule has 1 atom stereocenters. The Hall–Kier alpha value is -4.70. The predicted molar refractivity (Wildman–Crippen MR) is 158 cm³/mol. The number of benzene rings is 2. The Morgan fingerprint density at radius 3 is 2.64 bits per heavy atom. The van der Waals surface area contributed by atoms with Crippen molar-refractivity contribution >= 4 is 29.4 Å². The second-order valence-electron chi connectivity index (χ2n) is 9.46. The molecule has 0 spiro atoms. The Labute approximate surface area is 246 Å². The number of hydrogen-bond donors (Lipinski definition) is 0. The van der Waals surface area contributed by atoms with Gasteiger partial charge in [0.05, 0.1) is 41.7 Å². The first-order valence-electron chi connectivity index (χ1n) is 13.6. The summed E-state index contributed by atoms with van der Waals surface area (Å²) in [6.45, 7) is 6.26. The topological polar surface area (TPSA) is 109 Å². The summed E-state index contributed by atoms with van der Waals surface area (Å²) in [7, 11) is 1.31. The monoisotopic (exact) mass is 586 g/mol. The van der Waals surface area contributed by atoms with Crippen molar-refractivity contribution in [3.05, 3.63) is 109 Å². The van der Waals surface area contributed by atoms with Gasteiger partial charge in [0, 0.05) is 17.2 Å². The van der Waals surface area contributed by atoms with E-state index in [0.717, 1.165) is 6.42 Å². The molecule has 1 aliphatic rings. The zero-order chi connectivity index (χ0) is 29.8. The van der Waals surface area contributed by atoms with Gasteiger partial charge >= 0.3 is 11.9 Å². The lowest BCUT2D eigenvalue weighted by atomic mass is 9.95. The smallest absolute Gasteiger partial charge is 0.338 e. The maximum Gasteiger partial charge on any atom is 0.338 e. The lowest BCUT2D eigenvalue weighted by molar-refractivity contribution is -0.136. The van der Waals surface area contributed by atoms with Gasteiger partial charge in [-0.1, -0.05) is 48.6 Å². The fraction of sp³-hybridized carbons (Fsp3) is 0.250. The van der Waals surface area contributed by atoms with Crippen molar-refractivity contribution in [2.24, 2.45) is 4.99 Å². The number of nitrogens with zero attached hydrogens (tertiary/aromatic N) is 2. The van der Waals surface area contributed by atoms with Crippen LogP contribution in [0.5, 0.6) is 5.75 Å². The third-order valence-electron chi connectivity index (χ3n) is 6.66. The number of ether oxygens (including phenoxy) is 3. The molecule has 1 aliphatic heterocycles. The van der Waals surface area contributed by atoms with E-state index in [1.165, 1.54) is 23.0 Å². The van der Waals surface area contributed by atoms with Crippen LogP contribution in [0.1, 0.15) is 54.9 Å². The van der Waals surface area contributed by atoms with Crippen molar-refractivity contribution in [2.45, 2.75) is 33.2 Å². The normalized spacial score (nSPS) is 14.8. The van der Waals surface area contributed by atoms with Crippen LogP contribution in [-0.4, -0.2) is 36.8 Å². The van der Waals surface area contributed by atoms with Crippen LogP contribution < -0.4 is 19.6 Å². The molecule has 0 fully saturated rings. The molecule has 216 valence electrons. The molecule has 4 aromatic rings. The van der Waals surface area contributed by atoms with Gasteiger partial charge < -0.3 is 18.6 Å². The lowest BCUT2D eigenvalue weighted by Crippen LogP contribution is -2.40. The maximum atomic E-state index is 13.9. The van der Waals surface area contributed by atoms with Gasteiger partial charge in [0.2, 0.25) is 0 Å². The van der Waals surface area contributed by atoms with E-state index in [2.05, 4.69) is 4.99 Å². The van der Waals surface area contributed by atoms with E-state index in [1.54, 1.807) is 50.3 Å². The summed E-state index contributed by atoms with van der Waals surface area (Å²) in [5.74, 6) is 0.579. The number of thiazole rings is 1. The standard InChI is InChI=1S/C32H30N2O7S/c1-5-16-40-25-13-8-7-12-23(25)28-27(31(37)38-4)19(3)33-32-34(28)29(35)26(42-32)18-22-14-15-24(41-22)20-10-9-11-21(17-20)30(36)39-6-2/h7-15,17-18,28H,5-6,16H2,1-4H3/b26-18+/t28-/m0/s1. The number of hydrogen-bond acceptors (Lipinski definition) is 9. The van der Waals surface area contributed by atoms with E-state index >= 15 is 0 Å². The number of aromatic nitrogens is 1. The highest BCUT2D eigenvalue weighted by Gasteiger charge is 2.34. The summed E-state index contributed by atoms with van der Waals surface area (Å²) in [6, 6.07) is 17.1. The number of rotatable bonds is 9. The number of methoxy groups -OCH3 is 1. The first-order chi connectivity index (χ1) is 20.4. The van der Waals surface area contributed by atoms with Crippen LogP contribution in [0.4, 0.5) is 0 Å². The molecule has 0 saturated heterocycles. The minimum Gasteiger partial charge on any atom is -0.493 e. The molecule has 0 bridgehead atoms. The Kier molecular flexibility index (Phi) is 8.53. The third kappa shape index (κ3) is 5.58. The minimum absolute atomic E-state index is 0.269. The van der Waals surface area contributed by atoms with Gasteiger partial charge in [0.15, 0.2) is 4.80 Å². The van der Waals surface area contributed by atoms with Gasteiger partial charge in [-0.05, 0) is 50.6 Å². The Balaban J connectivity index is 1.60. The number of carbonyl (C=O) groups is 2. The van der Waals surface area contributed by atoms with E-state index in [1.807, 2.05) is 37.3 Å². The van der Waals surface area contributed by atoms with Crippen LogP contribution in [0.25, 0.3) is 17.4 Å². The highest BCUT2D eigenvalue weighted by Crippen LogP contribution is 2.36.